The van der Waals surface area contributed by atoms with Crippen LogP contribution in [0.25, 0.3) is 0 Å². The summed E-state index contributed by atoms with van der Waals surface area (Å²) >= 11 is 1.34. The molecule has 118 valence electrons. The van der Waals surface area contributed by atoms with E-state index in [9.17, 15) is 13.2 Å². The highest BCUT2D eigenvalue weighted by molar-refractivity contribution is 7.91. The molecule has 0 saturated carbocycles. The number of benzene rings is 1. The number of methoxy groups -OCH3 is 1. The third-order valence-electron chi connectivity index (χ3n) is 3.20. The van der Waals surface area contributed by atoms with E-state index in [-0.39, 0.29) is 11.4 Å². The van der Waals surface area contributed by atoms with Crippen LogP contribution in [0.15, 0.2) is 46.7 Å². The van der Waals surface area contributed by atoms with Crippen molar-refractivity contribution in [1.82, 2.24) is 5.32 Å². The molecule has 0 bridgehead atoms. The predicted molar refractivity (Wildman–Crippen MR) is 85.8 cm³/mol. The molecule has 1 aromatic heterocycles. The molecule has 0 aliphatic heterocycles. The predicted octanol–water partition coefficient (Wildman–Crippen LogP) is 2.93. The van der Waals surface area contributed by atoms with Crippen molar-refractivity contribution in [2.24, 2.45) is 0 Å². The van der Waals surface area contributed by atoms with Gasteiger partial charge in [-0.25, -0.2) is 13.2 Å². The third-order valence-corrected chi connectivity index (χ3v) is 6.44. The standard InChI is InChI=1S/C15H17NO4S2/c1-11-5-7-12(8-6-11)22(18,19)14(10-16-15(17)20-2)13-4-3-9-21-13/h3-9,14H,10H2,1-2H3,(H,16,17). The average Bonchev–Trinajstić information content (AvgIpc) is 3.01. The van der Waals surface area contributed by atoms with E-state index in [0.29, 0.717) is 4.88 Å². The van der Waals surface area contributed by atoms with Crippen LogP contribution in [0.3, 0.4) is 0 Å². The fraction of sp³-hybridized carbons (Fsp3) is 0.267. The lowest BCUT2D eigenvalue weighted by atomic mass is 10.2. The molecular weight excluding hydrogens is 322 g/mol. The van der Waals surface area contributed by atoms with Crippen LogP contribution >= 0.6 is 11.3 Å². The quantitative estimate of drug-likeness (QED) is 0.909. The van der Waals surface area contributed by atoms with Crippen molar-refractivity contribution in [3.63, 3.8) is 0 Å². The van der Waals surface area contributed by atoms with Crippen molar-refractivity contribution in [3.05, 3.63) is 52.2 Å². The zero-order valence-electron chi connectivity index (χ0n) is 12.3. The zero-order valence-corrected chi connectivity index (χ0v) is 13.9. The lowest BCUT2D eigenvalue weighted by Gasteiger charge is -2.17. The molecule has 1 N–H and O–H groups in total. The number of aryl methyl sites for hydroxylation is 1. The van der Waals surface area contributed by atoms with Crippen LogP contribution in [-0.2, 0) is 14.6 Å². The van der Waals surface area contributed by atoms with Gasteiger partial charge in [0.1, 0.15) is 5.25 Å². The van der Waals surface area contributed by atoms with Gasteiger partial charge in [-0.3, -0.25) is 0 Å². The SMILES string of the molecule is COC(=O)NCC(c1cccs1)S(=O)(=O)c1ccc(C)cc1. The summed E-state index contributed by atoms with van der Waals surface area (Å²) in [5, 5.41) is 3.45. The Hall–Kier alpha value is -1.86. The van der Waals surface area contributed by atoms with Gasteiger partial charge in [0.2, 0.25) is 0 Å². The topological polar surface area (TPSA) is 72.5 Å². The van der Waals surface area contributed by atoms with Crippen LogP contribution in [-0.4, -0.2) is 28.2 Å². The molecule has 5 nitrogen and oxygen atoms in total. The van der Waals surface area contributed by atoms with Gasteiger partial charge >= 0.3 is 6.09 Å². The second kappa shape index (κ2) is 6.93. The Labute approximate surface area is 133 Å². The minimum atomic E-state index is -3.60. The molecule has 1 amide bonds. The van der Waals surface area contributed by atoms with Gasteiger partial charge in [0.15, 0.2) is 9.84 Å². The molecule has 1 heterocycles. The number of thiophene rings is 1. The molecule has 0 aliphatic rings. The van der Waals surface area contributed by atoms with Gasteiger partial charge in [0.05, 0.1) is 12.0 Å². The summed E-state index contributed by atoms with van der Waals surface area (Å²) in [5.74, 6) is 0. The number of hydrogen-bond donors (Lipinski definition) is 1. The smallest absolute Gasteiger partial charge is 0.406 e. The first kappa shape index (κ1) is 16.5. The van der Waals surface area contributed by atoms with E-state index in [1.807, 2.05) is 12.3 Å². The van der Waals surface area contributed by atoms with Gasteiger partial charge in [0, 0.05) is 11.4 Å². The van der Waals surface area contributed by atoms with Crippen molar-refractivity contribution in [3.8, 4) is 0 Å². The largest absolute Gasteiger partial charge is 0.453 e. The highest BCUT2D eigenvalue weighted by Crippen LogP contribution is 2.31. The molecule has 2 rings (SSSR count). The Bertz CT molecular complexity index is 721. The van der Waals surface area contributed by atoms with Crippen molar-refractivity contribution in [1.29, 1.82) is 0 Å². The van der Waals surface area contributed by atoms with Gasteiger partial charge in [-0.1, -0.05) is 23.8 Å². The molecule has 7 heteroatoms. The minimum absolute atomic E-state index is 0.0383. The number of nitrogens with one attached hydrogen (secondary N) is 1. The summed E-state index contributed by atoms with van der Waals surface area (Å²) in [7, 11) is -2.36. The monoisotopic (exact) mass is 339 g/mol. The van der Waals surface area contributed by atoms with Crippen LogP contribution in [0.2, 0.25) is 0 Å². The second-order valence-electron chi connectivity index (χ2n) is 4.73. The number of amides is 1. The second-order valence-corrected chi connectivity index (χ2v) is 7.84. The van der Waals surface area contributed by atoms with E-state index in [1.54, 1.807) is 36.4 Å². The number of carbonyl (C=O) groups is 1. The molecule has 1 unspecified atom stereocenters. The first-order chi connectivity index (χ1) is 10.4. The van der Waals surface area contributed by atoms with Gasteiger partial charge in [-0.2, -0.15) is 0 Å². The molecular formula is C15H17NO4S2. The summed E-state index contributed by atoms with van der Waals surface area (Å²) < 4.78 is 30.2. The fourth-order valence-corrected chi connectivity index (χ4v) is 4.76. The van der Waals surface area contributed by atoms with Gasteiger partial charge < -0.3 is 10.1 Å². The van der Waals surface area contributed by atoms with Gasteiger partial charge in [-0.15, -0.1) is 11.3 Å². The molecule has 0 aliphatic carbocycles. The number of hydrogen-bond acceptors (Lipinski definition) is 5. The highest BCUT2D eigenvalue weighted by atomic mass is 32.2. The highest BCUT2D eigenvalue weighted by Gasteiger charge is 2.30. The van der Waals surface area contributed by atoms with Crippen LogP contribution in [0.4, 0.5) is 4.79 Å². The summed E-state index contributed by atoms with van der Waals surface area (Å²) in [6.45, 7) is 1.86. The van der Waals surface area contributed by atoms with Crippen molar-refractivity contribution in [2.45, 2.75) is 17.1 Å². The Morgan fingerprint density at radius 3 is 2.50 bits per heavy atom. The number of alkyl carbamates (subject to hydrolysis) is 1. The van der Waals surface area contributed by atoms with Gasteiger partial charge in [-0.05, 0) is 30.5 Å². The third kappa shape index (κ3) is 3.66. The average molecular weight is 339 g/mol. The molecule has 2 aromatic rings. The Morgan fingerprint density at radius 2 is 1.95 bits per heavy atom. The Kier molecular flexibility index (Phi) is 5.20. The first-order valence-corrected chi connectivity index (χ1v) is 9.03. The van der Waals surface area contributed by atoms with Crippen LogP contribution in [0, 0.1) is 6.92 Å². The summed E-state index contributed by atoms with van der Waals surface area (Å²) in [6.07, 6.45) is -0.652. The summed E-state index contributed by atoms with van der Waals surface area (Å²) in [6, 6.07) is 10.2. The molecule has 0 spiro atoms. The fourth-order valence-electron chi connectivity index (χ4n) is 1.98. The van der Waals surface area contributed by atoms with E-state index in [0.717, 1.165) is 5.56 Å². The van der Waals surface area contributed by atoms with Crippen LogP contribution in [0.1, 0.15) is 15.7 Å². The van der Waals surface area contributed by atoms with E-state index < -0.39 is 21.2 Å². The molecule has 0 fully saturated rings. The van der Waals surface area contributed by atoms with Crippen molar-refractivity contribution < 1.29 is 17.9 Å². The number of carbonyl (C=O) groups excluding carboxylic acids is 1. The van der Waals surface area contributed by atoms with E-state index in [2.05, 4.69) is 10.1 Å². The van der Waals surface area contributed by atoms with E-state index in [4.69, 9.17) is 0 Å². The number of ether oxygens (including phenoxy) is 1. The first-order valence-electron chi connectivity index (χ1n) is 6.61. The van der Waals surface area contributed by atoms with Crippen LogP contribution in [0.5, 0.6) is 0 Å². The van der Waals surface area contributed by atoms with E-state index >= 15 is 0 Å². The number of rotatable bonds is 5. The van der Waals surface area contributed by atoms with Gasteiger partial charge in [0.25, 0.3) is 0 Å². The van der Waals surface area contributed by atoms with E-state index in [1.165, 1.54) is 18.4 Å². The maximum Gasteiger partial charge on any atom is 0.406 e. The lowest BCUT2D eigenvalue weighted by molar-refractivity contribution is 0.171. The summed E-state index contributed by atoms with van der Waals surface area (Å²) in [4.78, 5) is 12.2. The Balaban J connectivity index is 2.35. The normalized spacial score (nSPS) is 12.6. The van der Waals surface area contributed by atoms with Crippen molar-refractivity contribution >= 4 is 27.3 Å². The maximum absolute atomic E-state index is 12.9. The summed E-state index contributed by atoms with van der Waals surface area (Å²) in [5.41, 5.74) is 0.985. The van der Waals surface area contributed by atoms with Crippen molar-refractivity contribution in [2.75, 3.05) is 13.7 Å². The molecule has 0 saturated heterocycles. The maximum atomic E-state index is 12.9. The van der Waals surface area contributed by atoms with Crippen LogP contribution < -0.4 is 5.32 Å². The molecule has 0 radical (unpaired) electrons. The zero-order chi connectivity index (χ0) is 16.2. The molecule has 1 atom stereocenters. The Morgan fingerprint density at radius 1 is 1.27 bits per heavy atom. The molecule has 1 aromatic carbocycles. The lowest BCUT2D eigenvalue weighted by Crippen LogP contribution is -2.31. The minimum Gasteiger partial charge on any atom is -0.453 e. The number of sulfone groups is 1. The molecule has 22 heavy (non-hydrogen) atoms.